The maximum absolute atomic E-state index is 12.8. The van der Waals surface area contributed by atoms with E-state index >= 15 is 0 Å². The third-order valence-corrected chi connectivity index (χ3v) is 5.71. The summed E-state index contributed by atoms with van der Waals surface area (Å²) in [6.45, 7) is 1.08. The summed E-state index contributed by atoms with van der Waals surface area (Å²) in [6.07, 6.45) is 5.97. The zero-order valence-corrected chi connectivity index (χ0v) is 17.1. The van der Waals surface area contributed by atoms with E-state index in [1.807, 2.05) is 42.5 Å². The summed E-state index contributed by atoms with van der Waals surface area (Å²) in [5, 5.41) is 9.83. The van der Waals surface area contributed by atoms with E-state index in [4.69, 9.17) is 16.6 Å². The molecule has 0 saturated carbocycles. The van der Waals surface area contributed by atoms with Gasteiger partial charge in [0.25, 0.3) is 0 Å². The van der Waals surface area contributed by atoms with Crippen LogP contribution in [-0.2, 0) is 19.5 Å². The van der Waals surface area contributed by atoms with E-state index in [1.54, 1.807) is 17.0 Å². The number of fused-ring (bicyclic) bond motifs is 2. The third kappa shape index (κ3) is 3.80. The maximum Gasteiger partial charge on any atom is 0.346 e. The minimum Gasteiger partial charge on any atom is -0.367 e. The molecule has 152 valence electrons. The van der Waals surface area contributed by atoms with Crippen LogP contribution in [0.1, 0.15) is 24.2 Å². The van der Waals surface area contributed by atoms with Crippen LogP contribution in [0.3, 0.4) is 0 Å². The van der Waals surface area contributed by atoms with Gasteiger partial charge in [0.15, 0.2) is 0 Å². The first-order valence-corrected chi connectivity index (χ1v) is 10.4. The van der Waals surface area contributed by atoms with Gasteiger partial charge in [-0.25, -0.2) is 14.5 Å². The number of hydrogen-bond donors (Lipinski definition) is 1. The van der Waals surface area contributed by atoms with E-state index in [0.717, 1.165) is 47.4 Å². The minimum atomic E-state index is -0.0600. The lowest BCUT2D eigenvalue weighted by atomic mass is 10.1. The number of pyridine rings is 2. The molecule has 3 aromatic heterocycles. The number of benzene rings is 1. The molecule has 30 heavy (non-hydrogen) atoms. The Bertz CT molecular complexity index is 1250. The fourth-order valence-electron chi connectivity index (χ4n) is 3.93. The van der Waals surface area contributed by atoms with Gasteiger partial charge >= 0.3 is 5.69 Å². The quantitative estimate of drug-likeness (QED) is 0.546. The smallest absolute Gasteiger partial charge is 0.346 e. The zero-order chi connectivity index (χ0) is 20.5. The molecule has 1 unspecified atom stereocenters. The number of rotatable bonds is 4. The minimum absolute atomic E-state index is 0.0600. The normalized spacial score (nSPS) is 16.2. The van der Waals surface area contributed by atoms with Crippen molar-refractivity contribution in [3.63, 3.8) is 0 Å². The van der Waals surface area contributed by atoms with Gasteiger partial charge in [0.05, 0.1) is 12.1 Å². The molecule has 0 bridgehead atoms. The molecular formula is C22H21ClN6O. The first kappa shape index (κ1) is 18.8. The van der Waals surface area contributed by atoms with Gasteiger partial charge in [-0.2, -0.15) is 5.10 Å². The molecule has 0 radical (unpaired) electrons. The topological polar surface area (TPSA) is 77.6 Å². The van der Waals surface area contributed by atoms with Gasteiger partial charge < -0.3 is 5.32 Å². The highest BCUT2D eigenvalue weighted by Gasteiger charge is 2.21. The molecule has 7 nitrogen and oxygen atoms in total. The van der Waals surface area contributed by atoms with E-state index in [9.17, 15) is 4.79 Å². The second-order valence-electron chi connectivity index (χ2n) is 7.57. The van der Waals surface area contributed by atoms with E-state index < -0.39 is 0 Å². The molecule has 0 spiro atoms. The molecular weight excluding hydrogens is 400 g/mol. The monoisotopic (exact) mass is 420 g/mol. The van der Waals surface area contributed by atoms with E-state index in [1.165, 1.54) is 4.68 Å². The number of aromatic nitrogens is 5. The summed E-state index contributed by atoms with van der Waals surface area (Å²) in [4.78, 5) is 21.6. The van der Waals surface area contributed by atoms with Crippen LogP contribution in [-0.4, -0.2) is 30.4 Å². The lowest BCUT2D eigenvalue weighted by Crippen LogP contribution is -2.27. The largest absolute Gasteiger partial charge is 0.367 e. The first-order chi connectivity index (χ1) is 14.7. The Hall–Kier alpha value is -3.19. The molecule has 0 saturated heterocycles. The van der Waals surface area contributed by atoms with Crippen molar-refractivity contribution in [2.75, 3.05) is 5.32 Å². The van der Waals surface area contributed by atoms with Crippen molar-refractivity contribution < 1.29 is 0 Å². The fourth-order valence-corrected chi connectivity index (χ4v) is 4.11. The van der Waals surface area contributed by atoms with E-state index in [-0.39, 0.29) is 11.7 Å². The maximum atomic E-state index is 12.8. The average Bonchev–Trinajstić information content (AvgIpc) is 2.92. The van der Waals surface area contributed by atoms with Crippen molar-refractivity contribution in [3.8, 4) is 0 Å². The summed E-state index contributed by atoms with van der Waals surface area (Å²) < 4.78 is 3.34. The summed E-state index contributed by atoms with van der Waals surface area (Å²) in [5.74, 6) is 1.68. The van der Waals surface area contributed by atoms with E-state index in [2.05, 4.69) is 15.4 Å². The highest BCUT2D eigenvalue weighted by Crippen LogP contribution is 2.22. The molecule has 4 heterocycles. The molecule has 0 aliphatic carbocycles. The van der Waals surface area contributed by atoms with Crippen molar-refractivity contribution in [2.45, 2.75) is 38.4 Å². The summed E-state index contributed by atoms with van der Waals surface area (Å²) in [7, 11) is 0. The van der Waals surface area contributed by atoms with Crippen LogP contribution in [0.4, 0.5) is 5.82 Å². The van der Waals surface area contributed by atoms with Crippen LogP contribution in [0.15, 0.2) is 59.7 Å². The van der Waals surface area contributed by atoms with Gasteiger partial charge in [-0.3, -0.25) is 9.55 Å². The lowest BCUT2D eigenvalue weighted by molar-refractivity contribution is 0.552. The number of hydrogen-bond acceptors (Lipinski definition) is 5. The lowest BCUT2D eigenvalue weighted by Gasteiger charge is -2.17. The van der Waals surface area contributed by atoms with Gasteiger partial charge in [-0.05, 0) is 54.8 Å². The third-order valence-electron chi connectivity index (χ3n) is 5.48. The van der Waals surface area contributed by atoms with Crippen LogP contribution in [0, 0.1) is 0 Å². The summed E-state index contributed by atoms with van der Waals surface area (Å²) in [6, 6.07) is 13.7. The highest BCUT2D eigenvalue weighted by atomic mass is 35.5. The predicted octanol–water partition coefficient (Wildman–Crippen LogP) is 3.51. The SMILES string of the molecule is O=c1n(Cc2cccnc2)nc2n1CCC(Nc1ccc3cc(Cl)ccc3n1)CC2. The number of nitrogens with one attached hydrogen (secondary N) is 1. The van der Waals surface area contributed by atoms with Gasteiger partial charge in [-0.15, -0.1) is 0 Å². The number of nitrogens with zero attached hydrogens (tertiary/aromatic N) is 5. The zero-order valence-electron chi connectivity index (χ0n) is 16.3. The molecule has 8 heteroatoms. The van der Waals surface area contributed by atoms with Gasteiger partial charge in [-0.1, -0.05) is 17.7 Å². The summed E-state index contributed by atoms with van der Waals surface area (Å²) in [5.41, 5.74) is 1.82. The molecule has 1 aromatic carbocycles. The van der Waals surface area contributed by atoms with Crippen molar-refractivity contribution in [1.29, 1.82) is 0 Å². The molecule has 0 amide bonds. The Balaban J connectivity index is 1.29. The second-order valence-corrected chi connectivity index (χ2v) is 8.01. The van der Waals surface area contributed by atoms with Crippen LogP contribution < -0.4 is 11.0 Å². The Morgan fingerprint density at radius 3 is 2.97 bits per heavy atom. The number of anilines is 1. The van der Waals surface area contributed by atoms with Crippen LogP contribution >= 0.6 is 11.6 Å². The number of halogens is 1. The Kier molecular flexibility index (Phi) is 4.96. The molecule has 1 aliphatic heterocycles. The fraction of sp³-hybridized carbons (Fsp3) is 0.273. The highest BCUT2D eigenvalue weighted by molar-refractivity contribution is 6.31. The number of aryl methyl sites for hydroxylation is 1. The molecule has 1 N–H and O–H groups in total. The Morgan fingerprint density at radius 2 is 2.10 bits per heavy atom. The molecule has 1 atom stereocenters. The predicted molar refractivity (Wildman–Crippen MR) is 117 cm³/mol. The van der Waals surface area contributed by atoms with Gasteiger partial charge in [0.1, 0.15) is 11.6 Å². The van der Waals surface area contributed by atoms with E-state index in [0.29, 0.717) is 18.1 Å². The molecule has 1 aliphatic rings. The van der Waals surface area contributed by atoms with Gasteiger partial charge in [0, 0.05) is 41.8 Å². The van der Waals surface area contributed by atoms with Crippen molar-refractivity contribution in [3.05, 3.63) is 81.8 Å². The first-order valence-electron chi connectivity index (χ1n) is 10.0. The van der Waals surface area contributed by atoms with Gasteiger partial charge in [0.2, 0.25) is 0 Å². The molecule has 5 rings (SSSR count). The average molecular weight is 421 g/mol. The Labute approximate surface area is 178 Å². The van der Waals surface area contributed by atoms with Crippen molar-refractivity contribution in [1.82, 2.24) is 24.3 Å². The second kappa shape index (κ2) is 7.91. The van der Waals surface area contributed by atoms with Crippen LogP contribution in [0.25, 0.3) is 10.9 Å². The van der Waals surface area contributed by atoms with Crippen LogP contribution in [0.5, 0.6) is 0 Å². The van der Waals surface area contributed by atoms with Crippen molar-refractivity contribution in [2.24, 2.45) is 0 Å². The molecule has 0 fully saturated rings. The Morgan fingerprint density at radius 1 is 1.17 bits per heavy atom. The standard InChI is InChI=1S/C22H21ClN6O/c23-17-4-6-19-16(12-17)3-7-20(26-19)25-18-5-8-21-27-29(22(30)28(21)11-9-18)14-15-2-1-10-24-13-15/h1-4,6-7,10,12-13,18H,5,8-9,11,14H2,(H,25,26). The molecule has 4 aromatic rings. The summed E-state index contributed by atoms with van der Waals surface area (Å²) >= 11 is 6.05. The van der Waals surface area contributed by atoms with Crippen molar-refractivity contribution >= 4 is 28.3 Å². The van der Waals surface area contributed by atoms with Crippen LogP contribution in [0.2, 0.25) is 5.02 Å².